The number of aromatic nitrogens is 2. The first-order chi connectivity index (χ1) is 11.8. The first-order valence-electron chi connectivity index (χ1n) is 7.64. The van der Waals surface area contributed by atoms with Crippen molar-refractivity contribution in [3.63, 3.8) is 0 Å². The van der Waals surface area contributed by atoms with E-state index < -0.39 is 0 Å². The summed E-state index contributed by atoms with van der Waals surface area (Å²) in [6.45, 7) is 2.10. The van der Waals surface area contributed by atoms with Gasteiger partial charge in [0, 0.05) is 21.9 Å². The first-order valence-corrected chi connectivity index (χ1v) is 10.3. The molecule has 0 atom stereocenters. The summed E-state index contributed by atoms with van der Waals surface area (Å²) in [6.07, 6.45) is 1.91. The number of hydrogen-bond acceptors (Lipinski definition) is 6. The van der Waals surface area contributed by atoms with Crippen molar-refractivity contribution in [1.29, 1.82) is 0 Å². The number of benzene rings is 1. The van der Waals surface area contributed by atoms with Crippen LogP contribution in [0.3, 0.4) is 0 Å². The van der Waals surface area contributed by atoms with Crippen LogP contribution in [0.25, 0.3) is 0 Å². The first kappa shape index (κ1) is 17.1. The highest BCUT2D eigenvalue weighted by Gasteiger charge is 2.14. The fraction of sp³-hybridized carbons (Fsp3) is 0.235. The van der Waals surface area contributed by atoms with Gasteiger partial charge in [-0.3, -0.25) is 10.1 Å². The van der Waals surface area contributed by atoms with Gasteiger partial charge in [-0.2, -0.15) is 0 Å². The van der Waals surface area contributed by atoms with Crippen molar-refractivity contribution >= 4 is 45.5 Å². The van der Waals surface area contributed by atoms with Gasteiger partial charge in [-0.1, -0.05) is 36.5 Å². The van der Waals surface area contributed by atoms with Gasteiger partial charge in [0.1, 0.15) is 5.01 Å². The van der Waals surface area contributed by atoms with Crippen LogP contribution >= 0.6 is 34.4 Å². The lowest BCUT2D eigenvalue weighted by Crippen LogP contribution is -2.12. The highest BCUT2D eigenvalue weighted by molar-refractivity contribution is 7.98. The molecule has 0 saturated carbocycles. The molecule has 3 aromatic rings. The molecule has 7 heteroatoms. The summed E-state index contributed by atoms with van der Waals surface area (Å²) in [4.78, 5) is 14.8. The Kier molecular flexibility index (Phi) is 6.01. The molecule has 4 nitrogen and oxygen atoms in total. The molecule has 0 radical (unpaired) electrons. The van der Waals surface area contributed by atoms with E-state index in [1.54, 1.807) is 23.1 Å². The van der Waals surface area contributed by atoms with Crippen LogP contribution in [-0.4, -0.2) is 16.1 Å². The number of thioether (sulfide) groups is 1. The Morgan fingerprint density at radius 2 is 2.08 bits per heavy atom. The van der Waals surface area contributed by atoms with E-state index in [4.69, 9.17) is 0 Å². The zero-order chi connectivity index (χ0) is 16.8. The van der Waals surface area contributed by atoms with E-state index in [1.807, 2.05) is 30.3 Å². The van der Waals surface area contributed by atoms with Crippen LogP contribution in [0.4, 0.5) is 5.13 Å². The predicted octanol–water partition coefficient (Wildman–Crippen LogP) is 5.10. The number of anilines is 1. The van der Waals surface area contributed by atoms with Crippen LogP contribution in [0.5, 0.6) is 0 Å². The maximum atomic E-state index is 12.6. The van der Waals surface area contributed by atoms with Gasteiger partial charge in [0.2, 0.25) is 5.13 Å². The normalized spacial score (nSPS) is 10.7. The minimum atomic E-state index is -0.136. The highest BCUT2D eigenvalue weighted by Crippen LogP contribution is 2.28. The van der Waals surface area contributed by atoms with E-state index in [0.717, 1.165) is 28.5 Å². The molecular weight excluding hydrogens is 358 g/mol. The fourth-order valence-electron chi connectivity index (χ4n) is 2.11. The van der Waals surface area contributed by atoms with Crippen LogP contribution in [-0.2, 0) is 12.2 Å². The Bertz CT molecular complexity index is 799. The number of aryl methyl sites for hydroxylation is 1. The highest BCUT2D eigenvalue weighted by atomic mass is 32.2. The number of nitrogens with zero attached hydrogens (tertiary/aromatic N) is 2. The monoisotopic (exact) mass is 375 g/mol. The lowest BCUT2D eigenvalue weighted by molar-refractivity contribution is 0.102. The maximum absolute atomic E-state index is 12.6. The number of hydrogen-bond donors (Lipinski definition) is 1. The summed E-state index contributed by atoms with van der Waals surface area (Å²) in [7, 11) is 0. The van der Waals surface area contributed by atoms with Crippen molar-refractivity contribution in [2.24, 2.45) is 0 Å². The molecule has 0 bridgehead atoms. The third-order valence-corrected chi connectivity index (χ3v) is 6.31. The summed E-state index contributed by atoms with van der Waals surface area (Å²) >= 11 is 4.84. The maximum Gasteiger partial charge on any atom is 0.258 e. The Balaban J connectivity index is 1.69. The van der Waals surface area contributed by atoms with Crippen LogP contribution < -0.4 is 5.32 Å². The van der Waals surface area contributed by atoms with Gasteiger partial charge in [0.25, 0.3) is 5.91 Å². The van der Waals surface area contributed by atoms with E-state index in [-0.39, 0.29) is 5.91 Å². The quantitative estimate of drug-likeness (QED) is 0.584. The third kappa shape index (κ3) is 4.43. The van der Waals surface area contributed by atoms with Gasteiger partial charge in [-0.25, -0.2) is 0 Å². The molecule has 0 saturated heterocycles. The number of rotatable bonds is 7. The molecule has 1 N–H and O–H groups in total. The number of thiophene rings is 1. The molecule has 0 aliphatic rings. The molecule has 2 aromatic heterocycles. The minimum absolute atomic E-state index is 0.136. The second-order valence-corrected chi connectivity index (χ2v) is 8.18. The topological polar surface area (TPSA) is 54.9 Å². The van der Waals surface area contributed by atoms with Crippen LogP contribution in [0.1, 0.15) is 33.6 Å². The molecule has 0 unspecified atom stereocenters. The average Bonchev–Trinajstić information content (AvgIpc) is 3.25. The van der Waals surface area contributed by atoms with E-state index in [9.17, 15) is 4.79 Å². The molecule has 1 aromatic carbocycles. The van der Waals surface area contributed by atoms with Crippen molar-refractivity contribution in [2.75, 3.05) is 5.32 Å². The summed E-state index contributed by atoms with van der Waals surface area (Å²) in [6, 6.07) is 11.8. The zero-order valence-electron chi connectivity index (χ0n) is 13.2. The number of nitrogens with one attached hydrogen (secondary N) is 1. The summed E-state index contributed by atoms with van der Waals surface area (Å²) in [5.41, 5.74) is 0.672. The van der Waals surface area contributed by atoms with Crippen molar-refractivity contribution in [3.05, 3.63) is 57.2 Å². The van der Waals surface area contributed by atoms with Gasteiger partial charge in [-0.05, 0) is 30.0 Å². The molecule has 0 fully saturated rings. The lowest BCUT2D eigenvalue weighted by Gasteiger charge is -2.07. The van der Waals surface area contributed by atoms with E-state index >= 15 is 0 Å². The molecule has 0 spiro atoms. The van der Waals surface area contributed by atoms with Crippen molar-refractivity contribution < 1.29 is 4.79 Å². The number of amides is 1. The number of carbonyl (C=O) groups excluding carboxylic acids is 1. The molecule has 124 valence electrons. The lowest BCUT2D eigenvalue weighted by atomic mass is 10.2. The average molecular weight is 376 g/mol. The Hall–Kier alpha value is -1.70. The van der Waals surface area contributed by atoms with E-state index in [0.29, 0.717) is 10.7 Å². The Labute approximate surface area is 153 Å². The van der Waals surface area contributed by atoms with Gasteiger partial charge in [0.15, 0.2) is 0 Å². The molecule has 2 heterocycles. The second kappa shape index (κ2) is 8.41. The second-order valence-electron chi connectivity index (χ2n) is 5.07. The van der Waals surface area contributed by atoms with Crippen LogP contribution in [0.15, 0.2) is 46.7 Å². The third-order valence-electron chi connectivity index (χ3n) is 3.23. The Morgan fingerprint density at radius 1 is 1.21 bits per heavy atom. The standard InChI is InChI=1S/C17H17N3OS3/c1-2-6-15-19-20-17(24-15)18-16(21)13-8-3-4-9-14(13)23-11-12-7-5-10-22-12/h3-5,7-10H,2,6,11H2,1H3,(H,18,20,21). The SMILES string of the molecule is CCCc1nnc(NC(=O)c2ccccc2SCc2cccs2)s1. The molecule has 24 heavy (non-hydrogen) atoms. The number of carbonyl (C=O) groups is 1. The summed E-state index contributed by atoms with van der Waals surface area (Å²) in [5, 5.41) is 14.6. The van der Waals surface area contributed by atoms with Crippen LogP contribution in [0, 0.1) is 0 Å². The molecular formula is C17H17N3OS3. The summed E-state index contributed by atoms with van der Waals surface area (Å²) in [5.74, 6) is 0.727. The minimum Gasteiger partial charge on any atom is -0.296 e. The summed E-state index contributed by atoms with van der Waals surface area (Å²) < 4.78 is 0. The smallest absolute Gasteiger partial charge is 0.258 e. The van der Waals surface area contributed by atoms with Crippen molar-refractivity contribution in [2.45, 2.75) is 30.4 Å². The fourth-order valence-corrected chi connectivity index (χ4v) is 4.77. The van der Waals surface area contributed by atoms with E-state index in [2.05, 4.69) is 33.9 Å². The van der Waals surface area contributed by atoms with E-state index in [1.165, 1.54) is 16.2 Å². The van der Waals surface area contributed by atoms with Crippen molar-refractivity contribution in [1.82, 2.24) is 10.2 Å². The molecule has 1 amide bonds. The Morgan fingerprint density at radius 3 is 2.88 bits per heavy atom. The van der Waals surface area contributed by atoms with Gasteiger partial charge < -0.3 is 0 Å². The van der Waals surface area contributed by atoms with Gasteiger partial charge >= 0.3 is 0 Å². The molecule has 0 aliphatic heterocycles. The largest absolute Gasteiger partial charge is 0.296 e. The molecule has 3 rings (SSSR count). The zero-order valence-corrected chi connectivity index (χ0v) is 15.6. The van der Waals surface area contributed by atoms with Gasteiger partial charge in [0.05, 0.1) is 5.56 Å². The predicted molar refractivity (Wildman–Crippen MR) is 102 cm³/mol. The van der Waals surface area contributed by atoms with Crippen molar-refractivity contribution in [3.8, 4) is 0 Å². The molecule has 0 aliphatic carbocycles. The van der Waals surface area contributed by atoms with Crippen LogP contribution in [0.2, 0.25) is 0 Å². The van der Waals surface area contributed by atoms with Gasteiger partial charge in [-0.15, -0.1) is 33.3 Å².